The molecule has 0 unspecified atom stereocenters. The number of benzene rings is 1. The monoisotopic (exact) mass is 310 g/mol. The van der Waals surface area contributed by atoms with Crippen molar-refractivity contribution in [3.63, 3.8) is 0 Å². The minimum absolute atomic E-state index is 0.00523. The molecule has 0 bridgehead atoms. The van der Waals surface area contributed by atoms with Crippen LogP contribution in [0.1, 0.15) is 0 Å². The predicted octanol–water partition coefficient (Wildman–Crippen LogP) is 2.33. The minimum atomic E-state index is -4.75. The van der Waals surface area contributed by atoms with Crippen LogP contribution in [0.5, 0.6) is 5.75 Å². The summed E-state index contributed by atoms with van der Waals surface area (Å²) in [6.45, 7) is 3.42. The highest BCUT2D eigenvalue weighted by Crippen LogP contribution is 2.26. The number of pyridine rings is 1. The Kier molecular flexibility index (Phi) is 4.62. The predicted molar refractivity (Wildman–Crippen MR) is 76.1 cm³/mol. The standard InChI is InChI=1S/C14H13F3N4O/c1-19-21-7-3-6-12(13(21)20-9-18)10-4-2-5-11(8-10)22-14(15,16)17/h2-8H,1,9,18H2/b20-13-. The molecule has 0 spiro atoms. The van der Waals surface area contributed by atoms with Crippen LogP contribution in [0.4, 0.5) is 13.2 Å². The fourth-order valence-electron chi connectivity index (χ4n) is 1.93. The maximum absolute atomic E-state index is 12.3. The van der Waals surface area contributed by atoms with Crippen LogP contribution in [-0.4, -0.2) is 24.4 Å². The molecule has 2 N–H and O–H groups in total. The number of hydrogen-bond acceptors (Lipinski definition) is 4. The molecule has 0 saturated carbocycles. The van der Waals surface area contributed by atoms with Gasteiger partial charge in [-0.1, -0.05) is 12.1 Å². The van der Waals surface area contributed by atoms with Crippen LogP contribution in [-0.2, 0) is 0 Å². The van der Waals surface area contributed by atoms with Crippen molar-refractivity contribution in [3.05, 3.63) is 48.1 Å². The van der Waals surface area contributed by atoms with Gasteiger partial charge in [0.1, 0.15) is 5.75 Å². The average Bonchev–Trinajstić information content (AvgIpc) is 2.46. The Morgan fingerprint density at radius 3 is 2.64 bits per heavy atom. The quantitative estimate of drug-likeness (QED) is 0.881. The summed E-state index contributed by atoms with van der Waals surface area (Å²) in [4.78, 5) is 4.10. The third kappa shape index (κ3) is 3.73. The van der Waals surface area contributed by atoms with E-state index in [0.717, 1.165) is 0 Å². The molecule has 8 heteroatoms. The number of rotatable bonds is 4. The first kappa shape index (κ1) is 15.8. The highest BCUT2D eigenvalue weighted by molar-refractivity contribution is 5.64. The second-order valence-corrected chi connectivity index (χ2v) is 4.15. The van der Waals surface area contributed by atoms with Gasteiger partial charge in [-0.05, 0) is 29.8 Å². The smallest absolute Gasteiger partial charge is 0.406 e. The number of ether oxygens (including phenoxy) is 1. The van der Waals surface area contributed by atoms with Crippen LogP contribution < -0.4 is 16.0 Å². The summed E-state index contributed by atoms with van der Waals surface area (Å²) in [5, 5.41) is 3.76. The lowest BCUT2D eigenvalue weighted by Gasteiger charge is -2.11. The van der Waals surface area contributed by atoms with Gasteiger partial charge in [-0.3, -0.25) is 4.99 Å². The van der Waals surface area contributed by atoms with E-state index in [-0.39, 0.29) is 12.4 Å². The SMILES string of the molecule is C=Nn1cccc(-c2cccc(OC(F)(F)F)c2)/c1=N/CN. The van der Waals surface area contributed by atoms with Gasteiger partial charge in [-0.25, -0.2) is 4.68 Å². The van der Waals surface area contributed by atoms with Gasteiger partial charge in [0, 0.05) is 18.5 Å². The fraction of sp³-hybridized carbons (Fsp3) is 0.143. The average molecular weight is 310 g/mol. The van der Waals surface area contributed by atoms with E-state index < -0.39 is 6.36 Å². The largest absolute Gasteiger partial charge is 0.573 e. The van der Waals surface area contributed by atoms with Gasteiger partial charge in [-0.15, -0.1) is 13.2 Å². The summed E-state index contributed by atoms with van der Waals surface area (Å²) in [5.74, 6) is -0.314. The molecule has 1 heterocycles. The molecule has 0 radical (unpaired) electrons. The van der Waals surface area contributed by atoms with Crippen molar-refractivity contribution in [1.29, 1.82) is 0 Å². The molecular weight excluding hydrogens is 297 g/mol. The normalized spacial score (nSPS) is 12.3. The highest BCUT2D eigenvalue weighted by atomic mass is 19.4. The molecule has 5 nitrogen and oxygen atoms in total. The molecule has 0 fully saturated rings. The Morgan fingerprint density at radius 2 is 2.00 bits per heavy atom. The molecule has 0 aliphatic heterocycles. The molecule has 0 aliphatic carbocycles. The van der Waals surface area contributed by atoms with E-state index >= 15 is 0 Å². The van der Waals surface area contributed by atoms with Gasteiger partial charge < -0.3 is 10.5 Å². The van der Waals surface area contributed by atoms with Gasteiger partial charge in [0.25, 0.3) is 0 Å². The van der Waals surface area contributed by atoms with Crippen LogP contribution in [0.2, 0.25) is 0 Å². The Bertz CT molecular complexity index is 737. The summed E-state index contributed by atoms with van der Waals surface area (Å²) in [7, 11) is 0. The number of aromatic nitrogens is 1. The number of nitrogens with zero attached hydrogens (tertiary/aromatic N) is 3. The fourth-order valence-corrected chi connectivity index (χ4v) is 1.93. The van der Waals surface area contributed by atoms with Crippen molar-refractivity contribution in [3.8, 4) is 16.9 Å². The number of alkyl halides is 3. The number of nitrogens with two attached hydrogens (primary N) is 1. The molecule has 0 saturated heterocycles. The van der Waals surface area contributed by atoms with Crippen molar-refractivity contribution in [2.75, 3.05) is 6.67 Å². The van der Waals surface area contributed by atoms with Gasteiger partial charge >= 0.3 is 6.36 Å². The van der Waals surface area contributed by atoms with Gasteiger partial charge in [0.15, 0.2) is 5.49 Å². The Hall–Kier alpha value is -2.61. The van der Waals surface area contributed by atoms with Crippen LogP contribution >= 0.6 is 0 Å². The van der Waals surface area contributed by atoms with Crippen molar-refractivity contribution >= 4 is 6.72 Å². The Labute approximate surface area is 124 Å². The molecule has 1 aromatic carbocycles. The number of hydrogen-bond donors (Lipinski definition) is 1. The van der Waals surface area contributed by atoms with Crippen LogP contribution in [0.15, 0.2) is 52.7 Å². The second kappa shape index (κ2) is 6.44. The first-order chi connectivity index (χ1) is 10.4. The second-order valence-electron chi connectivity index (χ2n) is 4.15. The maximum Gasteiger partial charge on any atom is 0.573 e. The molecular formula is C14H13F3N4O. The zero-order valence-corrected chi connectivity index (χ0v) is 11.4. The zero-order chi connectivity index (χ0) is 16.2. The zero-order valence-electron chi connectivity index (χ0n) is 11.4. The van der Waals surface area contributed by atoms with Crippen molar-refractivity contribution in [2.45, 2.75) is 6.36 Å². The van der Waals surface area contributed by atoms with Crippen molar-refractivity contribution in [2.24, 2.45) is 15.8 Å². The number of halogens is 3. The molecule has 0 aliphatic rings. The van der Waals surface area contributed by atoms with Crippen LogP contribution in [0, 0.1) is 0 Å². The van der Waals surface area contributed by atoms with E-state index in [0.29, 0.717) is 16.6 Å². The molecule has 2 aromatic rings. The lowest BCUT2D eigenvalue weighted by molar-refractivity contribution is -0.274. The highest BCUT2D eigenvalue weighted by Gasteiger charge is 2.31. The summed E-state index contributed by atoms with van der Waals surface area (Å²) < 4.78 is 42.2. The first-order valence-corrected chi connectivity index (χ1v) is 6.20. The van der Waals surface area contributed by atoms with Crippen molar-refractivity contribution < 1.29 is 17.9 Å². The lowest BCUT2D eigenvalue weighted by atomic mass is 10.1. The third-order valence-corrected chi connectivity index (χ3v) is 2.72. The lowest BCUT2D eigenvalue weighted by Crippen LogP contribution is -2.21. The van der Waals surface area contributed by atoms with Gasteiger partial charge in [0.05, 0.1) is 6.67 Å². The summed E-state index contributed by atoms with van der Waals surface area (Å²) in [6.07, 6.45) is -3.14. The van der Waals surface area contributed by atoms with Crippen LogP contribution in [0.25, 0.3) is 11.1 Å². The van der Waals surface area contributed by atoms with E-state index in [9.17, 15) is 13.2 Å². The molecule has 0 amide bonds. The Morgan fingerprint density at radius 1 is 1.23 bits per heavy atom. The van der Waals surface area contributed by atoms with E-state index in [1.807, 2.05) is 0 Å². The molecule has 0 atom stereocenters. The van der Waals surface area contributed by atoms with E-state index in [1.165, 1.54) is 22.9 Å². The molecule has 116 valence electrons. The molecule has 2 rings (SSSR count). The maximum atomic E-state index is 12.3. The van der Waals surface area contributed by atoms with Crippen molar-refractivity contribution in [1.82, 2.24) is 4.68 Å². The van der Waals surface area contributed by atoms with E-state index in [1.54, 1.807) is 24.4 Å². The molecule has 22 heavy (non-hydrogen) atoms. The minimum Gasteiger partial charge on any atom is -0.406 e. The topological polar surface area (TPSA) is 64.9 Å². The van der Waals surface area contributed by atoms with Gasteiger partial charge in [-0.2, -0.15) is 5.10 Å². The van der Waals surface area contributed by atoms with Gasteiger partial charge in [0.2, 0.25) is 0 Å². The first-order valence-electron chi connectivity index (χ1n) is 6.20. The summed E-state index contributed by atoms with van der Waals surface area (Å²) in [6, 6.07) is 8.97. The third-order valence-electron chi connectivity index (χ3n) is 2.72. The molecule has 1 aromatic heterocycles. The summed E-state index contributed by atoms with van der Waals surface area (Å²) >= 11 is 0. The Balaban J connectivity index is 2.55. The van der Waals surface area contributed by atoms with Crippen LogP contribution in [0.3, 0.4) is 0 Å². The van der Waals surface area contributed by atoms with E-state index in [4.69, 9.17) is 5.73 Å². The summed E-state index contributed by atoms with van der Waals surface area (Å²) in [5.41, 5.74) is 6.88. The van der Waals surface area contributed by atoms with E-state index in [2.05, 4.69) is 21.5 Å².